The lowest BCUT2D eigenvalue weighted by atomic mass is 9.99. The molecule has 7 nitrogen and oxygen atoms in total. The second-order valence-electron chi connectivity index (χ2n) is 7.07. The summed E-state index contributed by atoms with van der Waals surface area (Å²) in [6.07, 6.45) is 1.51. The Hall–Kier alpha value is -2.19. The van der Waals surface area contributed by atoms with E-state index >= 15 is 0 Å². The number of amides is 2. The first-order valence-corrected chi connectivity index (χ1v) is 10.3. The van der Waals surface area contributed by atoms with Gasteiger partial charge in [-0.05, 0) is 37.3 Å². The molecule has 0 aliphatic carbocycles. The lowest BCUT2D eigenvalue weighted by Crippen LogP contribution is -2.55. The summed E-state index contributed by atoms with van der Waals surface area (Å²) in [4.78, 5) is 49.5. The zero-order chi connectivity index (χ0) is 22.3. The Balaban J connectivity index is 2.06. The van der Waals surface area contributed by atoms with Crippen molar-refractivity contribution in [2.45, 2.75) is 50.6 Å². The van der Waals surface area contributed by atoms with Crippen LogP contribution in [0, 0.1) is 0 Å². The molecule has 164 valence electrons. The number of nitrogens with one attached hydrogen (secondary N) is 1. The van der Waals surface area contributed by atoms with Crippen molar-refractivity contribution in [3.63, 3.8) is 0 Å². The van der Waals surface area contributed by atoms with E-state index < -0.39 is 42.8 Å². The van der Waals surface area contributed by atoms with Crippen molar-refractivity contribution in [3.05, 3.63) is 33.8 Å². The molecule has 2 amide bonds. The summed E-state index contributed by atoms with van der Waals surface area (Å²) in [7, 11) is 0. The second kappa shape index (κ2) is 11.3. The first-order chi connectivity index (χ1) is 14.2. The number of carbonyl (C=O) groups is 4. The van der Waals surface area contributed by atoms with Crippen LogP contribution in [0.2, 0.25) is 10.0 Å². The molecule has 10 heteroatoms. The highest BCUT2D eigenvalue weighted by Crippen LogP contribution is 2.27. The number of piperidine rings is 1. The van der Waals surface area contributed by atoms with Crippen LogP contribution in [0.1, 0.15) is 37.7 Å². The lowest BCUT2D eigenvalue weighted by molar-refractivity contribution is -0.144. The fraction of sp³-hybridized carbons (Fsp3) is 0.500. The second-order valence-corrected chi connectivity index (χ2v) is 7.86. The summed E-state index contributed by atoms with van der Waals surface area (Å²) in [6.45, 7) is -1.02. The molecule has 2 N–H and O–H groups in total. The first-order valence-electron chi connectivity index (χ1n) is 9.57. The number of carboxylic acids is 1. The van der Waals surface area contributed by atoms with Crippen LogP contribution < -0.4 is 5.32 Å². The van der Waals surface area contributed by atoms with Crippen molar-refractivity contribution in [3.8, 4) is 0 Å². The van der Waals surface area contributed by atoms with E-state index in [1.807, 2.05) is 0 Å². The van der Waals surface area contributed by atoms with E-state index in [0.717, 1.165) is 6.42 Å². The van der Waals surface area contributed by atoms with Gasteiger partial charge in [0.2, 0.25) is 11.8 Å². The van der Waals surface area contributed by atoms with Gasteiger partial charge in [0.15, 0.2) is 5.78 Å². The van der Waals surface area contributed by atoms with Crippen LogP contribution in [0.5, 0.6) is 0 Å². The van der Waals surface area contributed by atoms with Crippen molar-refractivity contribution in [1.29, 1.82) is 0 Å². The third-order valence-corrected chi connectivity index (χ3v) is 5.84. The molecule has 30 heavy (non-hydrogen) atoms. The number of halogens is 3. The zero-order valence-corrected chi connectivity index (χ0v) is 17.7. The Morgan fingerprint density at radius 1 is 1.23 bits per heavy atom. The Labute approximate surface area is 183 Å². The average Bonchev–Trinajstić information content (AvgIpc) is 2.73. The molecule has 2 unspecified atom stereocenters. The van der Waals surface area contributed by atoms with Gasteiger partial charge < -0.3 is 15.3 Å². The van der Waals surface area contributed by atoms with Crippen LogP contribution in [0.4, 0.5) is 4.39 Å². The van der Waals surface area contributed by atoms with Crippen molar-refractivity contribution < 1.29 is 28.7 Å². The monoisotopic (exact) mass is 460 g/mol. The number of carboxylic acid groups (broad SMARTS) is 1. The van der Waals surface area contributed by atoms with E-state index in [2.05, 4.69) is 5.32 Å². The molecule has 1 heterocycles. The molecule has 1 aliphatic heterocycles. The summed E-state index contributed by atoms with van der Waals surface area (Å²) in [5.74, 6) is -3.28. The smallest absolute Gasteiger partial charge is 0.305 e. The fourth-order valence-corrected chi connectivity index (χ4v) is 3.83. The molecule has 1 aromatic rings. The Kier molecular flexibility index (Phi) is 9.05. The zero-order valence-electron chi connectivity index (χ0n) is 16.2. The van der Waals surface area contributed by atoms with E-state index in [4.69, 9.17) is 28.3 Å². The van der Waals surface area contributed by atoms with Crippen LogP contribution in [-0.2, 0) is 25.6 Å². The maximum absolute atomic E-state index is 12.8. The SMILES string of the molecule is O=C(O)CC(NC(=O)C1CCCCN1C(=O)CCc1cccc(Cl)c1Cl)C(=O)CF. The van der Waals surface area contributed by atoms with Gasteiger partial charge in [-0.1, -0.05) is 35.3 Å². The maximum Gasteiger partial charge on any atom is 0.305 e. The van der Waals surface area contributed by atoms with Gasteiger partial charge in [-0.25, -0.2) is 4.39 Å². The molecule has 1 saturated heterocycles. The highest BCUT2D eigenvalue weighted by molar-refractivity contribution is 6.42. The van der Waals surface area contributed by atoms with E-state index in [-0.39, 0.29) is 12.3 Å². The number of Topliss-reactive ketones (excluding diaryl/α,β-unsaturated/α-hetero) is 1. The summed E-state index contributed by atoms with van der Waals surface area (Å²) in [6, 6.07) is 2.83. The third kappa shape index (κ3) is 6.40. The van der Waals surface area contributed by atoms with Gasteiger partial charge in [0.1, 0.15) is 18.8 Å². The fourth-order valence-electron chi connectivity index (χ4n) is 3.41. The van der Waals surface area contributed by atoms with Crippen LogP contribution in [0.3, 0.4) is 0 Å². The largest absolute Gasteiger partial charge is 0.481 e. The number of hydrogen-bond donors (Lipinski definition) is 2. The molecule has 1 fully saturated rings. The molecule has 0 spiro atoms. The first kappa shape index (κ1) is 24.1. The van der Waals surface area contributed by atoms with Crippen molar-refractivity contribution >= 4 is 46.8 Å². The van der Waals surface area contributed by atoms with Crippen LogP contribution in [0.15, 0.2) is 18.2 Å². The number of hydrogen-bond acceptors (Lipinski definition) is 4. The molecular formula is C20H23Cl2FN2O5. The summed E-state index contributed by atoms with van der Waals surface area (Å²) < 4.78 is 12.7. The minimum atomic E-state index is -1.47. The lowest BCUT2D eigenvalue weighted by Gasteiger charge is -2.35. The minimum absolute atomic E-state index is 0.103. The molecular weight excluding hydrogens is 438 g/mol. The molecule has 0 saturated carbocycles. The van der Waals surface area contributed by atoms with Gasteiger partial charge in [-0.15, -0.1) is 0 Å². The quantitative estimate of drug-likeness (QED) is 0.589. The molecule has 1 aromatic carbocycles. The Morgan fingerprint density at radius 3 is 2.63 bits per heavy atom. The van der Waals surface area contributed by atoms with Crippen LogP contribution in [0.25, 0.3) is 0 Å². The molecule has 2 rings (SSSR count). The normalized spacial score (nSPS) is 17.3. The number of ketones is 1. The molecule has 0 bridgehead atoms. The average molecular weight is 461 g/mol. The van der Waals surface area contributed by atoms with Crippen LogP contribution in [-0.4, -0.2) is 58.9 Å². The van der Waals surface area contributed by atoms with Gasteiger partial charge in [-0.3, -0.25) is 19.2 Å². The van der Waals surface area contributed by atoms with E-state index in [9.17, 15) is 23.6 Å². The van der Waals surface area contributed by atoms with Gasteiger partial charge in [0, 0.05) is 13.0 Å². The highest BCUT2D eigenvalue weighted by Gasteiger charge is 2.34. The van der Waals surface area contributed by atoms with Gasteiger partial charge in [-0.2, -0.15) is 0 Å². The Bertz CT molecular complexity index is 820. The van der Waals surface area contributed by atoms with Crippen LogP contribution >= 0.6 is 23.2 Å². The number of aryl methyl sites for hydroxylation is 1. The van der Waals surface area contributed by atoms with Crippen molar-refractivity contribution in [2.75, 3.05) is 13.2 Å². The van der Waals surface area contributed by atoms with Crippen molar-refractivity contribution in [2.24, 2.45) is 0 Å². The number of nitrogens with zero attached hydrogens (tertiary/aromatic N) is 1. The minimum Gasteiger partial charge on any atom is -0.481 e. The summed E-state index contributed by atoms with van der Waals surface area (Å²) in [5, 5.41) is 12.0. The number of benzene rings is 1. The number of carbonyl (C=O) groups excluding carboxylic acids is 3. The number of alkyl halides is 1. The molecule has 2 atom stereocenters. The van der Waals surface area contributed by atoms with E-state index in [0.29, 0.717) is 41.4 Å². The molecule has 0 radical (unpaired) electrons. The van der Waals surface area contributed by atoms with Gasteiger partial charge in [0.25, 0.3) is 0 Å². The maximum atomic E-state index is 12.8. The van der Waals surface area contributed by atoms with Crippen molar-refractivity contribution in [1.82, 2.24) is 10.2 Å². The predicted molar refractivity (Wildman–Crippen MR) is 109 cm³/mol. The summed E-state index contributed by atoms with van der Waals surface area (Å²) >= 11 is 12.1. The third-order valence-electron chi connectivity index (χ3n) is 4.98. The standard InChI is InChI=1S/C20H23Cl2FN2O5/c21-13-5-3-4-12(19(13)22)7-8-17(27)25-9-2-1-6-15(25)20(30)24-14(10-18(28)29)16(26)11-23/h3-5,14-15H,1-2,6-11H2,(H,24,30)(H,28,29). The predicted octanol–water partition coefficient (Wildman–Crippen LogP) is 2.81. The highest BCUT2D eigenvalue weighted by atomic mass is 35.5. The van der Waals surface area contributed by atoms with E-state index in [1.165, 1.54) is 4.90 Å². The van der Waals surface area contributed by atoms with E-state index in [1.54, 1.807) is 18.2 Å². The summed E-state index contributed by atoms with van der Waals surface area (Å²) in [5.41, 5.74) is 0.714. The van der Waals surface area contributed by atoms with Gasteiger partial charge in [0.05, 0.1) is 16.5 Å². The number of aliphatic carboxylic acids is 1. The molecule has 1 aliphatic rings. The Morgan fingerprint density at radius 2 is 1.97 bits per heavy atom. The topological polar surface area (TPSA) is 104 Å². The van der Waals surface area contributed by atoms with Gasteiger partial charge >= 0.3 is 5.97 Å². The number of rotatable bonds is 9. The number of likely N-dealkylation sites (tertiary alicyclic amines) is 1. The molecule has 0 aromatic heterocycles.